The molecule has 1 aromatic rings. The smallest absolute Gasteiger partial charge is 0.243 e. The first kappa shape index (κ1) is 22.7. The van der Waals surface area contributed by atoms with Crippen LogP contribution in [0, 0.1) is 11.8 Å². The van der Waals surface area contributed by atoms with Crippen molar-refractivity contribution in [3.63, 3.8) is 0 Å². The van der Waals surface area contributed by atoms with Crippen molar-refractivity contribution in [1.82, 2.24) is 14.1 Å². The summed E-state index contributed by atoms with van der Waals surface area (Å²) in [5, 5.41) is 0. The van der Waals surface area contributed by atoms with E-state index in [4.69, 9.17) is 0 Å². The van der Waals surface area contributed by atoms with Crippen molar-refractivity contribution in [1.29, 1.82) is 0 Å². The lowest BCUT2D eigenvalue weighted by Gasteiger charge is -2.38. The maximum Gasteiger partial charge on any atom is 0.243 e. The molecule has 2 aliphatic heterocycles. The van der Waals surface area contributed by atoms with Crippen LogP contribution in [0.5, 0.6) is 0 Å². The van der Waals surface area contributed by atoms with Gasteiger partial charge in [-0.05, 0) is 74.9 Å². The Labute approximate surface area is 183 Å². The molecule has 0 spiro atoms. The number of likely N-dealkylation sites (tertiary alicyclic amines) is 2. The van der Waals surface area contributed by atoms with Crippen LogP contribution in [0.4, 0.5) is 0 Å². The molecule has 29 heavy (non-hydrogen) atoms. The predicted molar refractivity (Wildman–Crippen MR) is 118 cm³/mol. The van der Waals surface area contributed by atoms with Crippen LogP contribution in [0.15, 0.2) is 33.6 Å². The minimum Gasteiger partial charge on any atom is -0.341 e. The lowest BCUT2D eigenvalue weighted by Crippen LogP contribution is -2.48. The summed E-state index contributed by atoms with van der Waals surface area (Å²) in [6.45, 7) is 7.00. The Morgan fingerprint density at radius 2 is 1.79 bits per heavy atom. The Morgan fingerprint density at radius 3 is 2.45 bits per heavy atom. The van der Waals surface area contributed by atoms with Crippen LogP contribution in [0.1, 0.15) is 32.6 Å². The number of benzene rings is 1. The number of piperidine rings is 2. The highest BCUT2D eigenvalue weighted by molar-refractivity contribution is 9.10. The zero-order valence-corrected chi connectivity index (χ0v) is 19.8. The van der Waals surface area contributed by atoms with Gasteiger partial charge < -0.3 is 9.80 Å². The zero-order chi connectivity index (χ0) is 21.0. The molecule has 0 aliphatic carbocycles. The third kappa shape index (κ3) is 6.03. The van der Waals surface area contributed by atoms with Gasteiger partial charge in [0, 0.05) is 31.2 Å². The Kier molecular flexibility index (Phi) is 7.75. The molecule has 3 rings (SSSR count). The molecule has 8 heteroatoms. The van der Waals surface area contributed by atoms with E-state index < -0.39 is 10.0 Å². The maximum absolute atomic E-state index is 12.8. The van der Waals surface area contributed by atoms with Crippen molar-refractivity contribution in [2.75, 3.05) is 46.3 Å². The number of amides is 1. The first-order valence-corrected chi connectivity index (χ1v) is 12.7. The molecule has 0 N–H and O–H groups in total. The summed E-state index contributed by atoms with van der Waals surface area (Å²) >= 11 is 3.31. The van der Waals surface area contributed by atoms with Gasteiger partial charge in [-0.3, -0.25) is 4.79 Å². The normalized spacial score (nSPS) is 22.2. The van der Waals surface area contributed by atoms with Crippen LogP contribution in [0.2, 0.25) is 0 Å². The first-order chi connectivity index (χ1) is 13.8. The second-order valence-corrected chi connectivity index (χ2v) is 11.5. The number of sulfonamides is 1. The van der Waals surface area contributed by atoms with E-state index in [9.17, 15) is 13.2 Å². The summed E-state index contributed by atoms with van der Waals surface area (Å²) in [6.07, 6.45) is 4.65. The molecule has 1 unspecified atom stereocenters. The summed E-state index contributed by atoms with van der Waals surface area (Å²) < 4.78 is 27.5. The van der Waals surface area contributed by atoms with Gasteiger partial charge in [0.05, 0.1) is 11.4 Å². The van der Waals surface area contributed by atoms with Gasteiger partial charge in [-0.1, -0.05) is 22.9 Å². The predicted octanol–water partition coefficient (Wildman–Crippen LogP) is 3.04. The molecule has 162 valence electrons. The van der Waals surface area contributed by atoms with Crippen LogP contribution in [0.3, 0.4) is 0 Å². The van der Waals surface area contributed by atoms with E-state index in [2.05, 4.69) is 27.8 Å². The Morgan fingerprint density at radius 1 is 1.14 bits per heavy atom. The second-order valence-electron chi connectivity index (χ2n) is 8.55. The summed E-state index contributed by atoms with van der Waals surface area (Å²) in [5.41, 5.74) is 0. The number of carbonyl (C=O) groups excluding carboxylic acids is 1. The number of likely N-dealkylation sites (N-methyl/N-ethyl adjacent to an activating group) is 1. The van der Waals surface area contributed by atoms with Crippen LogP contribution in [-0.2, 0) is 14.8 Å². The van der Waals surface area contributed by atoms with E-state index in [-0.39, 0.29) is 17.3 Å². The molecule has 2 aliphatic rings. The van der Waals surface area contributed by atoms with E-state index >= 15 is 0 Å². The van der Waals surface area contributed by atoms with Crippen molar-refractivity contribution in [2.24, 2.45) is 11.8 Å². The van der Waals surface area contributed by atoms with Gasteiger partial charge in [0.2, 0.25) is 15.9 Å². The van der Waals surface area contributed by atoms with Crippen molar-refractivity contribution in [2.45, 2.75) is 37.5 Å². The third-order valence-electron chi connectivity index (χ3n) is 6.14. The van der Waals surface area contributed by atoms with Gasteiger partial charge in [0.15, 0.2) is 0 Å². The summed E-state index contributed by atoms with van der Waals surface area (Å²) in [7, 11) is -2.20. The molecule has 0 saturated carbocycles. The summed E-state index contributed by atoms with van der Waals surface area (Å²) in [6, 6.07) is 6.49. The molecular formula is C21H32BrN3O3S. The monoisotopic (exact) mass is 485 g/mol. The molecular weight excluding hydrogens is 454 g/mol. The zero-order valence-electron chi connectivity index (χ0n) is 17.4. The summed E-state index contributed by atoms with van der Waals surface area (Å²) in [5.74, 6) is 1.19. The highest BCUT2D eigenvalue weighted by Gasteiger charge is 2.29. The average molecular weight is 486 g/mol. The van der Waals surface area contributed by atoms with Gasteiger partial charge in [-0.2, -0.15) is 4.31 Å². The van der Waals surface area contributed by atoms with Crippen molar-refractivity contribution >= 4 is 31.9 Å². The minimum absolute atomic E-state index is 0.106. The average Bonchev–Trinajstić information content (AvgIpc) is 2.70. The summed E-state index contributed by atoms with van der Waals surface area (Å²) in [4.78, 5) is 17.4. The Balaban J connectivity index is 1.54. The van der Waals surface area contributed by atoms with E-state index in [0.29, 0.717) is 5.92 Å². The van der Waals surface area contributed by atoms with Crippen molar-refractivity contribution in [3.8, 4) is 0 Å². The van der Waals surface area contributed by atoms with Crippen molar-refractivity contribution < 1.29 is 13.2 Å². The molecule has 1 amide bonds. The van der Waals surface area contributed by atoms with Crippen LogP contribution in [-0.4, -0.2) is 74.7 Å². The van der Waals surface area contributed by atoms with Gasteiger partial charge in [0.1, 0.15) is 0 Å². The Bertz CT molecular complexity index is 792. The molecule has 2 fully saturated rings. The third-order valence-corrected chi connectivity index (χ3v) is 8.49. The molecule has 6 nitrogen and oxygen atoms in total. The first-order valence-electron chi connectivity index (χ1n) is 10.5. The van der Waals surface area contributed by atoms with Crippen LogP contribution >= 0.6 is 15.9 Å². The molecule has 0 radical (unpaired) electrons. The molecule has 1 aromatic carbocycles. The van der Waals surface area contributed by atoms with E-state index in [1.807, 2.05) is 4.90 Å². The topological polar surface area (TPSA) is 60.9 Å². The second kappa shape index (κ2) is 9.90. The number of hydrogen-bond acceptors (Lipinski definition) is 4. The highest BCUT2D eigenvalue weighted by atomic mass is 79.9. The SMILES string of the molecule is CC1CCN(CC2CCCN(C(=O)CN(C)S(=O)(=O)c3ccc(Br)cc3)C2)CC1. The molecule has 2 saturated heterocycles. The van der Waals surface area contributed by atoms with E-state index in [1.54, 1.807) is 24.3 Å². The van der Waals surface area contributed by atoms with Crippen LogP contribution < -0.4 is 0 Å². The largest absolute Gasteiger partial charge is 0.341 e. The van der Waals surface area contributed by atoms with Gasteiger partial charge in [-0.15, -0.1) is 0 Å². The number of carbonyl (C=O) groups is 1. The number of rotatable bonds is 6. The van der Waals surface area contributed by atoms with Crippen molar-refractivity contribution in [3.05, 3.63) is 28.7 Å². The molecule has 2 heterocycles. The fraction of sp³-hybridized carbons (Fsp3) is 0.667. The van der Waals surface area contributed by atoms with E-state index in [1.165, 1.54) is 19.9 Å². The number of nitrogens with zero attached hydrogens (tertiary/aromatic N) is 3. The minimum atomic E-state index is -3.67. The molecule has 1 atom stereocenters. The fourth-order valence-corrected chi connectivity index (χ4v) is 5.60. The standard InChI is InChI=1S/C21H32BrN3O3S/c1-17-9-12-24(13-10-17)14-18-4-3-11-25(15-18)21(26)16-23(2)29(27,28)20-7-5-19(22)6-8-20/h5-8,17-18H,3-4,9-16H2,1-2H3. The highest BCUT2D eigenvalue weighted by Crippen LogP contribution is 2.23. The fourth-order valence-electron chi connectivity index (χ4n) is 4.21. The maximum atomic E-state index is 12.8. The van der Waals surface area contributed by atoms with E-state index in [0.717, 1.165) is 60.3 Å². The van der Waals surface area contributed by atoms with Gasteiger partial charge >= 0.3 is 0 Å². The lowest BCUT2D eigenvalue weighted by atomic mass is 9.94. The Hall–Kier alpha value is -0.960. The number of hydrogen-bond donors (Lipinski definition) is 0. The number of halogens is 1. The lowest BCUT2D eigenvalue weighted by molar-refractivity contribution is -0.133. The molecule has 0 aromatic heterocycles. The quantitative estimate of drug-likeness (QED) is 0.621. The van der Waals surface area contributed by atoms with Gasteiger partial charge in [0.25, 0.3) is 0 Å². The van der Waals surface area contributed by atoms with Crippen LogP contribution in [0.25, 0.3) is 0 Å². The van der Waals surface area contributed by atoms with Gasteiger partial charge in [-0.25, -0.2) is 8.42 Å². The molecule has 0 bridgehead atoms.